The van der Waals surface area contributed by atoms with Crippen LogP contribution >= 0.6 is 0 Å². The summed E-state index contributed by atoms with van der Waals surface area (Å²) in [7, 11) is 1.60. The van der Waals surface area contributed by atoms with Crippen molar-refractivity contribution >= 4 is 5.91 Å². The molecule has 5 rings (SSSR count). The predicted octanol–water partition coefficient (Wildman–Crippen LogP) is 1.29. The summed E-state index contributed by atoms with van der Waals surface area (Å²) in [6, 6.07) is 12.6. The van der Waals surface area contributed by atoms with Crippen LogP contribution in [-0.4, -0.2) is 48.7 Å². The van der Waals surface area contributed by atoms with Crippen molar-refractivity contribution in [1.29, 1.82) is 0 Å². The monoisotopic (exact) mass is 431 g/mol. The van der Waals surface area contributed by atoms with E-state index in [1.165, 1.54) is 10.7 Å². The molecule has 0 saturated carbocycles. The van der Waals surface area contributed by atoms with Crippen LogP contribution in [0.1, 0.15) is 16.1 Å². The van der Waals surface area contributed by atoms with Gasteiger partial charge in [0.25, 0.3) is 17.4 Å². The van der Waals surface area contributed by atoms with Crippen LogP contribution in [0.5, 0.6) is 5.75 Å². The normalized spacial score (nSPS) is 12.2. The molecule has 0 fully saturated rings. The van der Waals surface area contributed by atoms with Gasteiger partial charge in [0.1, 0.15) is 11.4 Å². The third-order valence-corrected chi connectivity index (χ3v) is 5.34. The van der Waals surface area contributed by atoms with Crippen LogP contribution in [0.2, 0.25) is 0 Å². The zero-order chi connectivity index (χ0) is 22.1. The molecule has 1 aromatic carbocycles. The second-order valence-corrected chi connectivity index (χ2v) is 7.36. The predicted molar refractivity (Wildman–Crippen MR) is 116 cm³/mol. The number of nitrogens with one attached hydrogen (secondary N) is 1. The molecule has 0 radical (unpaired) electrons. The van der Waals surface area contributed by atoms with E-state index in [9.17, 15) is 9.59 Å². The van der Waals surface area contributed by atoms with E-state index in [0.29, 0.717) is 49.3 Å². The number of fused-ring (bicyclic) bond motifs is 3. The Balaban J connectivity index is 1.40. The van der Waals surface area contributed by atoms with E-state index in [1.54, 1.807) is 28.9 Å². The maximum absolute atomic E-state index is 12.8. The minimum absolute atomic E-state index is 0.300. The number of hydrogen-bond acceptors (Lipinski definition) is 6. The van der Waals surface area contributed by atoms with Crippen LogP contribution in [0, 0.1) is 0 Å². The topological polar surface area (TPSA) is 109 Å². The van der Waals surface area contributed by atoms with E-state index in [1.807, 2.05) is 36.4 Å². The van der Waals surface area contributed by atoms with E-state index in [0.717, 1.165) is 11.1 Å². The lowest BCUT2D eigenvalue weighted by Crippen LogP contribution is -2.34. The molecule has 3 aromatic heterocycles. The van der Waals surface area contributed by atoms with Gasteiger partial charge >= 0.3 is 0 Å². The summed E-state index contributed by atoms with van der Waals surface area (Å²) in [5.74, 6) is 1.27. The number of carbonyl (C=O) groups excluding carboxylic acids is 1. The minimum Gasteiger partial charge on any atom is -0.497 e. The van der Waals surface area contributed by atoms with Crippen molar-refractivity contribution in [2.45, 2.75) is 19.5 Å². The molecular formula is C22H21N7O3. The lowest BCUT2D eigenvalue weighted by molar-refractivity contribution is 0.0940. The molecule has 4 heterocycles. The summed E-state index contributed by atoms with van der Waals surface area (Å²) in [6.45, 7) is 1.37. The fourth-order valence-electron chi connectivity index (χ4n) is 3.76. The van der Waals surface area contributed by atoms with E-state index in [-0.39, 0.29) is 11.5 Å². The van der Waals surface area contributed by atoms with Gasteiger partial charge < -0.3 is 10.1 Å². The maximum atomic E-state index is 12.8. The summed E-state index contributed by atoms with van der Waals surface area (Å²) in [5, 5.41) is 7.43. The smallest absolute Gasteiger partial charge is 0.274 e. The van der Waals surface area contributed by atoms with Crippen molar-refractivity contribution in [3.63, 3.8) is 0 Å². The van der Waals surface area contributed by atoms with Gasteiger partial charge in [0.2, 0.25) is 0 Å². The van der Waals surface area contributed by atoms with Crippen molar-refractivity contribution in [3.8, 4) is 23.1 Å². The number of benzene rings is 1. The fourth-order valence-corrected chi connectivity index (χ4v) is 3.76. The first kappa shape index (κ1) is 19.7. The third kappa shape index (κ3) is 3.55. The molecule has 4 aromatic rings. The highest BCUT2D eigenvalue weighted by Gasteiger charge is 2.26. The zero-order valence-electron chi connectivity index (χ0n) is 17.4. The molecule has 10 heteroatoms. The summed E-state index contributed by atoms with van der Waals surface area (Å²) >= 11 is 0. The molecular weight excluding hydrogens is 410 g/mol. The Bertz CT molecular complexity index is 1340. The second kappa shape index (κ2) is 8.14. The Morgan fingerprint density at radius 3 is 2.91 bits per heavy atom. The van der Waals surface area contributed by atoms with Crippen molar-refractivity contribution < 1.29 is 9.53 Å². The van der Waals surface area contributed by atoms with Crippen LogP contribution in [0.4, 0.5) is 0 Å². The third-order valence-electron chi connectivity index (χ3n) is 5.34. The number of methoxy groups -OCH3 is 1. The SMILES string of the molecule is COc1cccc(-c2nc3n(n2)CCn2c(C(=O)NCCc4cccnc4)cc(=O)n2-3)c1. The number of aromatic nitrogens is 6. The van der Waals surface area contributed by atoms with Gasteiger partial charge in [-0.15, -0.1) is 5.10 Å². The average Bonchev–Trinajstić information content (AvgIpc) is 3.41. The summed E-state index contributed by atoms with van der Waals surface area (Å²) in [5.41, 5.74) is 1.79. The van der Waals surface area contributed by atoms with E-state index in [4.69, 9.17) is 4.74 Å². The molecule has 0 bridgehead atoms. The molecule has 0 atom stereocenters. The molecule has 10 nitrogen and oxygen atoms in total. The molecule has 1 N–H and O–H groups in total. The lowest BCUT2D eigenvalue weighted by Gasteiger charge is -2.19. The number of pyridine rings is 1. The molecule has 1 aliphatic rings. The largest absolute Gasteiger partial charge is 0.497 e. The first-order valence-electron chi connectivity index (χ1n) is 10.2. The van der Waals surface area contributed by atoms with Gasteiger partial charge in [0.05, 0.1) is 20.2 Å². The minimum atomic E-state index is -0.326. The highest BCUT2D eigenvalue weighted by molar-refractivity contribution is 5.92. The number of nitrogens with zero attached hydrogens (tertiary/aromatic N) is 6. The van der Waals surface area contributed by atoms with Crippen LogP contribution < -0.4 is 15.6 Å². The molecule has 0 spiro atoms. The first-order chi connectivity index (χ1) is 15.6. The Morgan fingerprint density at radius 2 is 2.09 bits per heavy atom. The average molecular weight is 431 g/mol. The number of rotatable bonds is 6. The summed E-state index contributed by atoms with van der Waals surface area (Å²) in [4.78, 5) is 34.2. The first-order valence-corrected chi connectivity index (χ1v) is 10.2. The van der Waals surface area contributed by atoms with Gasteiger partial charge in [-0.25, -0.2) is 4.68 Å². The van der Waals surface area contributed by atoms with Gasteiger partial charge in [0.15, 0.2) is 5.82 Å². The van der Waals surface area contributed by atoms with E-state index in [2.05, 4.69) is 20.4 Å². The molecule has 0 aliphatic carbocycles. The van der Waals surface area contributed by atoms with Crippen molar-refractivity contribution in [2.75, 3.05) is 13.7 Å². The highest BCUT2D eigenvalue weighted by Crippen LogP contribution is 2.23. The zero-order valence-corrected chi connectivity index (χ0v) is 17.4. The van der Waals surface area contributed by atoms with Gasteiger partial charge in [-0.1, -0.05) is 18.2 Å². The van der Waals surface area contributed by atoms with E-state index < -0.39 is 0 Å². The van der Waals surface area contributed by atoms with Crippen molar-refractivity contribution in [2.24, 2.45) is 0 Å². The number of hydrogen-bond donors (Lipinski definition) is 1. The summed E-state index contributed by atoms with van der Waals surface area (Å²) < 4.78 is 10.0. The van der Waals surface area contributed by atoms with Crippen LogP contribution in [0.25, 0.3) is 17.3 Å². The standard InChI is InChI=1S/C22H21N7O3/c1-32-17-6-2-5-16(12-17)20-25-22-27(26-20)10-11-28-18(13-19(30)29(22)28)21(31)24-9-7-15-4-3-8-23-14-15/h2-6,8,12-14H,7,9-11H2,1H3,(H,24,31). The quantitative estimate of drug-likeness (QED) is 0.493. The van der Waals surface area contributed by atoms with Crippen molar-refractivity contribution in [3.05, 3.63) is 76.5 Å². The van der Waals surface area contributed by atoms with Crippen LogP contribution in [0.15, 0.2) is 59.7 Å². The molecule has 1 amide bonds. The Kier molecular flexibility index (Phi) is 5.02. The number of amides is 1. The molecule has 0 unspecified atom stereocenters. The van der Waals surface area contributed by atoms with Gasteiger partial charge in [-0.05, 0) is 30.2 Å². The van der Waals surface area contributed by atoms with E-state index >= 15 is 0 Å². The number of carbonyl (C=O) groups is 1. The summed E-state index contributed by atoms with van der Waals surface area (Å²) in [6.07, 6.45) is 4.13. The van der Waals surface area contributed by atoms with Crippen LogP contribution in [-0.2, 0) is 19.5 Å². The molecule has 162 valence electrons. The number of aryl methyl sites for hydroxylation is 1. The highest BCUT2D eigenvalue weighted by atomic mass is 16.5. The fraction of sp³-hybridized carbons (Fsp3) is 0.227. The Morgan fingerprint density at radius 1 is 1.19 bits per heavy atom. The van der Waals surface area contributed by atoms with Gasteiger partial charge in [-0.2, -0.15) is 9.67 Å². The Labute approximate surface area is 183 Å². The van der Waals surface area contributed by atoms with Gasteiger partial charge in [-0.3, -0.25) is 19.3 Å². The van der Waals surface area contributed by atoms with Gasteiger partial charge in [0, 0.05) is 30.6 Å². The number of ether oxygens (including phenoxy) is 1. The van der Waals surface area contributed by atoms with Crippen LogP contribution in [0.3, 0.4) is 0 Å². The lowest BCUT2D eigenvalue weighted by atomic mass is 10.2. The van der Waals surface area contributed by atoms with Crippen molar-refractivity contribution in [1.82, 2.24) is 34.4 Å². The molecule has 1 aliphatic heterocycles. The maximum Gasteiger partial charge on any atom is 0.274 e. The second-order valence-electron chi connectivity index (χ2n) is 7.36. The molecule has 0 saturated heterocycles. The Hall–Kier alpha value is -4.21. The molecule has 32 heavy (non-hydrogen) atoms.